The predicted molar refractivity (Wildman–Crippen MR) is 118 cm³/mol. The van der Waals surface area contributed by atoms with E-state index < -0.39 is 11.1 Å². The van der Waals surface area contributed by atoms with Gasteiger partial charge in [0.15, 0.2) is 11.0 Å². The standard InChI is InChI=1S/C22H22FN5O2S/c1-3-13-28-20(15-30-18-10-5-4-6-11-18)25-27-22(28)31-16(2)21(29)26-24-14-17-9-7-8-12-19(17)23/h3-12,14,16H,1,13,15H2,2H3,(H,26,29). The zero-order valence-electron chi connectivity index (χ0n) is 16.9. The van der Waals surface area contributed by atoms with Crippen molar-refractivity contribution in [1.82, 2.24) is 20.2 Å². The first kappa shape index (κ1) is 22.2. The number of rotatable bonds is 10. The molecule has 0 spiro atoms. The molecule has 1 heterocycles. The van der Waals surface area contributed by atoms with Crippen molar-refractivity contribution < 1.29 is 13.9 Å². The number of nitrogens with zero attached hydrogens (tertiary/aromatic N) is 4. The van der Waals surface area contributed by atoms with Gasteiger partial charge in [0.25, 0.3) is 5.91 Å². The van der Waals surface area contributed by atoms with Crippen LogP contribution in [-0.2, 0) is 17.9 Å². The van der Waals surface area contributed by atoms with E-state index >= 15 is 0 Å². The fraction of sp³-hybridized carbons (Fsp3) is 0.182. The Morgan fingerprint density at radius 1 is 1.26 bits per heavy atom. The summed E-state index contributed by atoms with van der Waals surface area (Å²) in [6.07, 6.45) is 2.99. The molecule has 1 aromatic heterocycles. The number of para-hydroxylation sites is 1. The summed E-state index contributed by atoms with van der Waals surface area (Å²) in [7, 11) is 0. The second kappa shape index (κ2) is 11.1. The minimum absolute atomic E-state index is 0.235. The Bertz CT molecular complexity index is 1060. The Labute approximate surface area is 184 Å². The van der Waals surface area contributed by atoms with Crippen LogP contribution >= 0.6 is 11.8 Å². The van der Waals surface area contributed by atoms with Gasteiger partial charge in [-0.3, -0.25) is 9.36 Å². The molecular formula is C22H22FN5O2S. The largest absolute Gasteiger partial charge is 0.486 e. The number of hydrogen-bond donors (Lipinski definition) is 1. The van der Waals surface area contributed by atoms with Crippen LogP contribution in [0.25, 0.3) is 0 Å². The lowest BCUT2D eigenvalue weighted by atomic mass is 10.2. The van der Waals surface area contributed by atoms with Gasteiger partial charge in [0.2, 0.25) is 0 Å². The van der Waals surface area contributed by atoms with Crippen LogP contribution in [0.2, 0.25) is 0 Å². The van der Waals surface area contributed by atoms with Crippen molar-refractivity contribution in [2.24, 2.45) is 5.10 Å². The zero-order valence-corrected chi connectivity index (χ0v) is 17.8. The number of thioether (sulfide) groups is 1. The first-order valence-electron chi connectivity index (χ1n) is 9.53. The second-order valence-corrected chi connectivity index (χ2v) is 7.72. The van der Waals surface area contributed by atoms with Crippen molar-refractivity contribution in [2.75, 3.05) is 0 Å². The van der Waals surface area contributed by atoms with E-state index in [1.165, 1.54) is 24.0 Å². The third-order valence-corrected chi connectivity index (χ3v) is 5.23. The van der Waals surface area contributed by atoms with Crippen molar-refractivity contribution in [3.05, 3.63) is 84.5 Å². The number of amides is 1. The molecule has 0 aliphatic carbocycles. The number of carbonyl (C=O) groups is 1. The summed E-state index contributed by atoms with van der Waals surface area (Å²) >= 11 is 1.24. The fourth-order valence-corrected chi connectivity index (χ4v) is 3.41. The first-order chi connectivity index (χ1) is 15.1. The summed E-state index contributed by atoms with van der Waals surface area (Å²) in [6.45, 7) is 6.21. The third-order valence-electron chi connectivity index (χ3n) is 4.15. The van der Waals surface area contributed by atoms with Gasteiger partial charge < -0.3 is 4.74 Å². The van der Waals surface area contributed by atoms with Crippen molar-refractivity contribution in [2.45, 2.75) is 30.5 Å². The summed E-state index contributed by atoms with van der Waals surface area (Å²) in [4.78, 5) is 12.4. The van der Waals surface area contributed by atoms with E-state index in [1.54, 1.807) is 31.2 Å². The highest BCUT2D eigenvalue weighted by Gasteiger charge is 2.20. The number of allylic oxidation sites excluding steroid dienone is 1. The topological polar surface area (TPSA) is 81.4 Å². The predicted octanol–water partition coefficient (Wildman–Crippen LogP) is 3.81. The van der Waals surface area contributed by atoms with Gasteiger partial charge in [-0.25, -0.2) is 9.82 Å². The van der Waals surface area contributed by atoms with Crippen LogP contribution in [-0.4, -0.2) is 32.1 Å². The van der Waals surface area contributed by atoms with Gasteiger partial charge in [0.1, 0.15) is 18.2 Å². The maximum atomic E-state index is 13.6. The van der Waals surface area contributed by atoms with Crippen LogP contribution in [0.5, 0.6) is 5.75 Å². The molecule has 31 heavy (non-hydrogen) atoms. The van der Waals surface area contributed by atoms with Gasteiger partial charge in [-0.2, -0.15) is 5.10 Å². The molecule has 1 atom stereocenters. The van der Waals surface area contributed by atoms with Crippen molar-refractivity contribution >= 4 is 23.9 Å². The van der Waals surface area contributed by atoms with Crippen molar-refractivity contribution in [3.63, 3.8) is 0 Å². The molecule has 0 saturated carbocycles. The van der Waals surface area contributed by atoms with Crippen LogP contribution in [0.15, 0.2) is 77.5 Å². The molecule has 0 aliphatic heterocycles. The molecule has 9 heteroatoms. The monoisotopic (exact) mass is 439 g/mol. The van der Waals surface area contributed by atoms with Gasteiger partial charge in [0.05, 0.1) is 11.5 Å². The van der Waals surface area contributed by atoms with Crippen LogP contribution in [0.3, 0.4) is 0 Å². The summed E-state index contributed by atoms with van der Waals surface area (Å²) in [5, 5.41) is 12.3. The molecule has 0 aliphatic rings. The van der Waals surface area contributed by atoms with Crippen LogP contribution in [0.1, 0.15) is 18.3 Å². The number of benzene rings is 2. The highest BCUT2D eigenvalue weighted by molar-refractivity contribution is 8.00. The number of aromatic nitrogens is 3. The van der Waals surface area contributed by atoms with Gasteiger partial charge in [-0.15, -0.1) is 16.8 Å². The van der Waals surface area contributed by atoms with E-state index in [9.17, 15) is 9.18 Å². The van der Waals surface area contributed by atoms with E-state index in [-0.39, 0.29) is 18.1 Å². The number of hydrogen-bond acceptors (Lipinski definition) is 6. The molecule has 3 rings (SSSR count). The highest BCUT2D eigenvalue weighted by atomic mass is 32.2. The maximum absolute atomic E-state index is 13.6. The third kappa shape index (κ3) is 6.26. The second-order valence-electron chi connectivity index (χ2n) is 6.42. The maximum Gasteiger partial charge on any atom is 0.253 e. The molecule has 1 N–H and O–H groups in total. The molecule has 1 amide bonds. The Morgan fingerprint density at radius 2 is 2.00 bits per heavy atom. The van der Waals surface area contributed by atoms with E-state index in [2.05, 4.69) is 27.3 Å². The highest BCUT2D eigenvalue weighted by Crippen LogP contribution is 2.23. The van der Waals surface area contributed by atoms with Crippen molar-refractivity contribution in [3.8, 4) is 5.75 Å². The Balaban J connectivity index is 1.61. The van der Waals surface area contributed by atoms with E-state index in [4.69, 9.17) is 4.74 Å². The van der Waals surface area contributed by atoms with Gasteiger partial charge in [-0.05, 0) is 25.1 Å². The molecule has 1 unspecified atom stereocenters. The van der Waals surface area contributed by atoms with E-state index in [0.717, 1.165) is 5.75 Å². The van der Waals surface area contributed by atoms with Gasteiger partial charge in [-0.1, -0.05) is 54.2 Å². The number of nitrogens with one attached hydrogen (secondary N) is 1. The summed E-state index contributed by atoms with van der Waals surface area (Å²) in [6, 6.07) is 15.6. The molecule has 160 valence electrons. The van der Waals surface area contributed by atoms with Crippen LogP contribution in [0.4, 0.5) is 4.39 Å². The van der Waals surface area contributed by atoms with E-state index in [1.807, 2.05) is 34.9 Å². The van der Waals surface area contributed by atoms with Gasteiger partial charge in [0, 0.05) is 12.1 Å². The minimum Gasteiger partial charge on any atom is -0.486 e. The average Bonchev–Trinajstić information content (AvgIpc) is 3.15. The molecule has 0 bridgehead atoms. The Morgan fingerprint density at radius 3 is 2.74 bits per heavy atom. The molecule has 7 nitrogen and oxygen atoms in total. The number of hydrazone groups is 1. The van der Waals surface area contributed by atoms with Gasteiger partial charge >= 0.3 is 0 Å². The zero-order chi connectivity index (χ0) is 22.1. The minimum atomic E-state index is -0.506. The van der Waals surface area contributed by atoms with E-state index in [0.29, 0.717) is 17.5 Å². The molecular weight excluding hydrogens is 417 g/mol. The summed E-state index contributed by atoms with van der Waals surface area (Å²) < 4.78 is 21.2. The lowest BCUT2D eigenvalue weighted by Crippen LogP contribution is -2.27. The Hall–Kier alpha value is -3.46. The molecule has 0 saturated heterocycles. The lowest BCUT2D eigenvalue weighted by molar-refractivity contribution is -0.120. The number of ether oxygens (including phenoxy) is 1. The number of carbonyl (C=O) groups excluding carboxylic acids is 1. The fourth-order valence-electron chi connectivity index (χ4n) is 2.54. The van der Waals surface area contributed by atoms with Crippen molar-refractivity contribution in [1.29, 1.82) is 0 Å². The molecule has 2 aromatic carbocycles. The number of halogens is 1. The first-order valence-corrected chi connectivity index (χ1v) is 10.4. The normalized spacial score (nSPS) is 11.9. The SMILES string of the molecule is C=CCn1c(COc2ccccc2)nnc1SC(C)C(=O)NN=Cc1ccccc1F. The van der Waals surface area contributed by atoms with Crippen LogP contribution < -0.4 is 10.2 Å². The Kier molecular flexibility index (Phi) is 7.94. The van der Waals surface area contributed by atoms with Crippen LogP contribution in [0, 0.1) is 5.82 Å². The molecule has 0 fully saturated rings. The molecule has 0 radical (unpaired) electrons. The summed E-state index contributed by atoms with van der Waals surface area (Å²) in [5.74, 6) is 0.597. The average molecular weight is 440 g/mol. The lowest BCUT2D eigenvalue weighted by Gasteiger charge is -2.11. The molecule has 3 aromatic rings. The summed E-state index contributed by atoms with van der Waals surface area (Å²) in [5.41, 5.74) is 2.71. The quantitative estimate of drug-likeness (QED) is 0.225. The smallest absolute Gasteiger partial charge is 0.253 e.